The molecule has 0 bridgehead atoms. The Morgan fingerprint density at radius 2 is 1.79 bits per heavy atom. The van der Waals surface area contributed by atoms with Gasteiger partial charge in [0, 0.05) is 13.0 Å². The Hall–Kier alpha value is -2.90. The molecule has 0 aliphatic carbocycles. The predicted molar refractivity (Wildman–Crippen MR) is 105 cm³/mol. The monoisotopic (exact) mass is 397 g/mol. The Morgan fingerprint density at radius 3 is 2.46 bits per heavy atom. The molecular weight excluding hydrogens is 378 g/mol. The Kier molecular flexibility index (Phi) is 4.56. The fraction of sp³-hybridized carbons (Fsp3) is 0.190. The van der Waals surface area contributed by atoms with Gasteiger partial charge in [-0.2, -0.15) is 4.31 Å². The lowest BCUT2D eigenvalue weighted by molar-refractivity contribution is -0.141. The van der Waals surface area contributed by atoms with Crippen LogP contribution in [0.15, 0.2) is 65.6 Å². The first-order valence-corrected chi connectivity index (χ1v) is 10.2. The molecule has 0 saturated heterocycles. The van der Waals surface area contributed by atoms with Gasteiger partial charge in [-0.05, 0) is 46.2 Å². The molecule has 3 aromatic rings. The van der Waals surface area contributed by atoms with Gasteiger partial charge in [-0.25, -0.2) is 8.42 Å². The summed E-state index contributed by atoms with van der Waals surface area (Å²) in [7, 11) is -2.50. The molecule has 6 nitrogen and oxygen atoms in total. The van der Waals surface area contributed by atoms with Crippen LogP contribution in [-0.2, 0) is 27.8 Å². The van der Waals surface area contributed by atoms with Crippen LogP contribution in [0.2, 0.25) is 0 Å². The quantitative estimate of drug-likeness (QED) is 0.732. The van der Waals surface area contributed by atoms with Gasteiger partial charge >= 0.3 is 5.97 Å². The summed E-state index contributed by atoms with van der Waals surface area (Å²) in [5, 5.41) is 11.7. The molecule has 1 aliphatic heterocycles. The Bertz CT molecular complexity index is 1160. The fourth-order valence-electron chi connectivity index (χ4n) is 3.68. The number of fused-ring (bicyclic) bond motifs is 3. The summed E-state index contributed by atoms with van der Waals surface area (Å²) in [6.07, 6.45) is 0.130. The zero-order chi connectivity index (χ0) is 19.9. The second-order valence-electron chi connectivity index (χ2n) is 6.71. The maximum absolute atomic E-state index is 13.3. The van der Waals surface area contributed by atoms with Crippen molar-refractivity contribution in [3.8, 4) is 5.75 Å². The van der Waals surface area contributed by atoms with Gasteiger partial charge in [0.1, 0.15) is 11.8 Å². The Balaban J connectivity index is 1.83. The van der Waals surface area contributed by atoms with Crippen molar-refractivity contribution >= 4 is 26.8 Å². The molecule has 28 heavy (non-hydrogen) atoms. The van der Waals surface area contributed by atoms with Crippen molar-refractivity contribution in [3.63, 3.8) is 0 Å². The van der Waals surface area contributed by atoms with Crippen LogP contribution in [0.3, 0.4) is 0 Å². The van der Waals surface area contributed by atoms with Crippen molar-refractivity contribution in [2.24, 2.45) is 0 Å². The molecule has 1 N–H and O–H groups in total. The summed E-state index contributed by atoms with van der Waals surface area (Å²) in [6, 6.07) is 16.4. The number of nitrogens with zero attached hydrogens (tertiary/aromatic N) is 1. The summed E-state index contributed by atoms with van der Waals surface area (Å²) >= 11 is 0. The SMILES string of the molecule is COc1ccc(S(=O)(=O)N2Cc3c(ccc4ccccc34)C[C@@H]2C(=O)O)cc1. The second-order valence-corrected chi connectivity index (χ2v) is 8.60. The van der Waals surface area contributed by atoms with Crippen molar-refractivity contribution < 1.29 is 23.1 Å². The Labute approximate surface area is 163 Å². The average molecular weight is 397 g/mol. The average Bonchev–Trinajstić information content (AvgIpc) is 2.72. The number of methoxy groups -OCH3 is 1. The molecule has 4 rings (SSSR count). The molecule has 144 valence electrons. The summed E-state index contributed by atoms with van der Waals surface area (Å²) in [5.41, 5.74) is 1.72. The molecule has 7 heteroatoms. The highest BCUT2D eigenvalue weighted by Gasteiger charge is 2.40. The van der Waals surface area contributed by atoms with Crippen molar-refractivity contribution in [2.75, 3.05) is 7.11 Å². The van der Waals surface area contributed by atoms with Gasteiger partial charge < -0.3 is 9.84 Å². The molecule has 0 amide bonds. The van der Waals surface area contributed by atoms with Crippen molar-refractivity contribution in [1.29, 1.82) is 0 Å². The van der Waals surface area contributed by atoms with Gasteiger partial charge in [-0.1, -0.05) is 36.4 Å². The first-order valence-electron chi connectivity index (χ1n) is 8.80. The van der Waals surface area contributed by atoms with E-state index < -0.39 is 22.0 Å². The number of rotatable bonds is 4. The topological polar surface area (TPSA) is 83.9 Å². The number of carbonyl (C=O) groups is 1. The van der Waals surface area contributed by atoms with Crippen LogP contribution in [0.5, 0.6) is 5.75 Å². The lowest BCUT2D eigenvalue weighted by Crippen LogP contribution is -2.48. The van der Waals surface area contributed by atoms with Crippen molar-refractivity contribution in [1.82, 2.24) is 4.31 Å². The summed E-state index contributed by atoms with van der Waals surface area (Å²) in [5.74, 6) is -0.625. The molecule has 0 saturated carbocycles. The number of sulfonamides is 1. The van der Waals surface area contributed by atoms with Crippen LogP contribution < -0.4 is 4.74 Å². The van der Waals surface area contributed by atoms with E-state index in [-0.39, 0.29) is 17.9 Å². The smallest absolute Gasteiger partial charge is 0.322 e. The third-order valence-electron chi connectivity index (χ3n) is 5.16. The Morgan fingerprint density at radius 1 is 1.07 bits per heavy atom. The van der Waals surface area contributed by atoms with Crippen molar-refractivity contribution in [2.45, 2.75) is 23.9 Å². The normalized spacial score (nSPS) is 17.2. The van der Waals surface area contributed by atoms with E-state index in [1.165, 1.54) is 19.2 Å². The van der Waals surface area contributed by atoms with Crippen LogP contribution in [0.4, 0.5) is 0 Å². The minimum absolute atomic E-state index is 0.0159. The number of ether oxygens (including phenoxy) is 1. The van der Waals surface area contributed by atoms with Gasteiger partial charge in [0.2, 0.25) is 10.0 Å². The zero-order valence-electron chi connectivity index (χ0n) is 15.2. The third kappa shape index (κ3) is 3.02. The van der Waals surface area contributed by atoms with Crippen molar-refractivity contribution in [3.05, 3.63) is 71.8 Å². The number of carboxylic acid groups (broad SMARTS) is 1. The van der Waals surface area contributed by atoms with Crippen LogP contribution in [0.1, 0.15) is 11.1 Å². The van der Waals surface area contributed by atoms with Crippen LogP contribution in [-0.4, -0.2) is 37.0 Å². The minimum atomic E-state index is -4.00. The lowest BCUT2D eigenvalue weighted by Gasteiger charge is -2.34. The maximum atomic E-state index is 13.3. The molecule has 3 aromatic carbocycles. The lowest BCUT2D eigenvalue weighted by atomic mass is 9.91. The number of benzene rings is 3. The highest BCUT2D eigenvalue weighted by Crippen LogP contribution is 2.33. The summed E-state index contributed by atoms with van der Waals surface area (Å²) < 4.78 is 32.7. The van der Waals surface area contributed by atoms with Gasteiger partial charge in [0.25, 0.3) is 0 Å². The molecule has 0 spiro atoms. The van der Waals surface area contributed by atoms with E-state index >= 15 is 0 Å². The molecule has 0 unspecified atom stereocenters. The summed E-state index contributed by atoms with van der Waals surface area (Å²) in [6.45, 7) is 0.0159. The van der Waals surface area contributed by atoms with Crippen LogP contribution >= 0.6 is 0 Å². The molecule has 0 radical (unpaired) electrons. The first kappa shape index (κ1) is 18.5. The summed E-state index contributed by atoms with van der Waals surface area (Å²) in [4.78, 5) is 11.9. The molecule has 1 aliphatic rings. The second kappa shape index (κ2) is 6.92. The molecule has 0 aromatic heterocycles. The van der Waals surface area contributed by atoms with E-state index in [4.69, 9.17) is 4.74 Å². The highest BCUT2D eigenvalue weighted by molar-refractivity contribution is 7.89. The van der Waals surface area contributed by atoms with Gasteiger partial charge in [0.15, 0.2) is 0 Å². The number of hydrogen-bond acceptors (Lipinski definition) is 4. The maximum Gasteiger partial charge on any atom is 0.322 e. The van der Waals surface area contributed by atoms with E-state index in [1.54, 1.807) is 12.1 Å². The van der Waals surface area contributed by atoms with Gasteiger partial charge in [-0.15, -0.1) is 0 Å². The molecule has 0 fully saturated rings. The first-order chi connectivity index (χ1) is 13.4. The van der Waals surface area contributed by atoms with Crippen LogP contribution in [0, 0.1) is 0 Å². The molecule has 1 heterocycles. The fourth-order valence-corrected chi connectivity index (χ4v) is 5.23. The third-order valence-corrected chi connectivity index (χ3v) is 7.03. The van der Waals surface area contributed by atoms with E-state index in [2.05, 4.69) is 0 Å². The minimum Gasteiger partial charge on any atom is -0.497 e. The number of aliphatic carboxylic acids is 1. The van der Waals surface area contributed by atoms with E-state index in [0.29, 0.717) is 5.75 Å². The number of hydrogen-bond donors (Lipinski definition) is 1. The van der Waals surface area contributed by atoms with E-state index in [9.17, 15) is 18.3 Å². The number of carboxylic acids is 1. The largest absolute Gasteiger partial charge is 0.497 e. The van der Waals surface area contributed by atoms with Gasteiger partial charge in [-0.3, -0.25) is 4.79 Å². The molecular formula is C21H19NO5S. The van der Waals surface area contributed by atoms with E-state index in [0.717, 1.165) is 26.2 Å². The zero-order valence-corrected chi connectivity index (χ0v) is 16.0. The molecule has 1 atom stereocenters. The predicted octanol–water partition coefficient (Wildman–Crippen LogP) is 3.05. The highest BCUT2D eigenvalue weighted by atomic mass is 32.2. The standard InChI is InChI=1S/C21H19NO5S/c1-27-16-8-10-17(11-9-16)28(25,26)22-13-19-15(12-20(22)21(23)24)7-6-14-4-2-3-5-18(14)19/h2-11,20H,12-13H2,1H3,(H,23,24)/t20-/m1/s1. The van der Waals surface area contributed by atoms with E-state index in [1.807, 2.05) is 36.4 Å². The van der Waals surface area contributed by atoms with Gasteiger partial charge in [0.05, 0.1) is 12.0 Å². The van der Waals surface area contributed by atoms with Crippen LogP contribution in [0.25, 0.3) is 10.8 Å².